The summed E-state index contributed by atoms with van der Waals surface area (Å²) in [6.07, 6.45) is 4.38. The van der Waals surface area contributed by atoms with Crippen LogP contribution in [0.25, 0.3) is 0 Å². The summed E-state index contributed by atoms with van der Waals surface area (Å²) in [5, 5.41) is 1.75. The first kappa shape index (κ1) is 41.8. The van der Waals surface area contributed by atoms with Crippen LogP contribution in [0.1, 0.15) is 90.6 Å². The molecule has 3 fully saturated rings. The smallest absolute Gasteiger partial charge is 0.410 e. The number of halogens is 4. The number of hydrogen-bond donors (Lipinski definition) is 0. The molecule has 15 heteroatoms. The number of nitrogens with zero attached hydrogens (tertiary/aromatic N) is 2. The van der Waals surface area contributed by atoms with Crippen LogP contribution >= 0.6 is 46.4 Å². The van der Waals surface area contributed by atoms with Crippen LogP contribution in [0.2, 0.25) is 20.1 Å². The second-order valence-corrected chi connectivity index (χ2v) is 18.6. The predicted molar refractivity (Wildman–Crippen MR) is 200 cm³/mol. The molecule has 2 aromatic rings. The van der Waals surface area contributed by atoms with E-state index in [-0.39, 0.29) is 30.1 Å². The zero-order valence-corrected chi connectivity index (χ0v) is 33.9. The highest BCUT2D eigenvalue weighted by atomic mass is 35.5. The lowest BCUT2D eigenvalue weighted by atomic mass is 9.89. The minimum Gasteiger partial charge on any atom is -0.444 e. The van der Waals surface area contributed by atoms with Gasteiger partial charge in [-0.2, -0.15) is 8.42 Å². The third-order valence-electron chi connectivity index (χ3n) is 8.44. The highest BCUT2D eigenvalue weighted by Gasteiger charge is 2.42. The van der Waals surface area contributed by atoms with E-state index in [2.05, 4.69) is 0 Å². The summed E-state index contributed by atoms with van der Waals surface area (Å²) >= 11 is 24.2. The first-order valence-electron chi connectivity index (χ1n) is 17.0. The molecule has 51 heavy (non-hydrogen) atoms. The molecule has 2 atom stereocenters. The fraction of sp³-hybridized carbons (Fsp3) is 0.611. The summed E-state index contributed by atoms with van der Waals surface area (Å²) in [6, 6.07) is 10.5. The molecule has 1 aliphatic carbocycles. The van der Waals surface area contributed by atoms with Gasteiger partial charge in [0.1, 0.15) is 17.3 Å². The molecule has 5 rings (SSSR count). The highest BCUT2D eigenvalue weighted by Crippen LogP contribution is 2.40. The Morgan fingerprint density at radius 3 is 1.45 bits per heavy atom. The third-order valence-corrected chi connectivity index (χ3v) is 10.5. The van der Waals surface area contributed by atoms with Crippen molar-refractivity contribution in [2.75, 3.05) is 32.4 Å². The van der Waals surface area contributed by atoms with Crippen LogP contribution in [0.4, 0.5) is 9.59 Å². The summed E-state index contributed by atoms with van der Waals surface area (Å²) in [4.78, 5) is 27.5. The molecule has 2 heterocycles. The van der Waals surface area contributed by atoms with Gasteiger partial charge in [-0.05, 0) is 89.8 Å². The fourth-order valence-corrected chi connectivity index (χ4v) is 7.28. The van der Waals surface area contributed by atoms with E-state index in [1.807, 2.05) is 39.0 Å². The second-order valence-electron chi connectivity index (χ2n) is 15.3. The van der Waals surface area contributed by atoms with Gasteiger partial charge in [-0.15, -0.1) is 0 Å². The largest absolute Gasteiger partial charge is 0.444 e. The fourth-order valence-electron chi connectivity index (χ4n) is 6.03. The van der Waals surface area contributed by atoms with E-state index in [1.165, 1.54) is 17.7 Å². The van der Waals surface area contributed by atoms with Crippen LogP contribution < -0.4 is 0 Å². The van der Waals surface area contributed by atoms with Crippen molar-refractivity contribution in [2.24, 2.45) is 11.8 Å². The quantitative estimate of drug-likeness (QED) is 0.243. The van der Waals surface area contributed by atoms with Gasteiger partial charge in [-0.3, -0.25) is 4.18 Å². The van der Waals surface area contributed by atoms with E-state index in [9.17, 15) is 18.0 Å². The molecule has 0 bridgehead atoms. The summed E-state index contributed by atoms with van der Waals surface area (Å²) in [5.41, 5.74) is 0.550. The maximum atomic E-state index is 12.2. The average Bonchev–Trinajstić information content (AvgIpc) is 3.44. The molecular formula is C36H48Cl4N2O8S. The zero-order chi connectivity index (χ0) is 37.9. The first-order valence-corrected chi connectivity index (χ1v) is 20.3. The molecule has 2 aliphatic heterocycles. The molecule has 284 valence electrons. The van der Waals surface area contributed by atoms with Crippen molar-refractivity contribution in [3.8, 4) is 0 Å². The van der Waals surface area contributed by atoms with Crippen molar-refractivity contribution in [3.05, 3.63) is 67.6 Å². The van der Waals surface area contributed by atoms with Crippen molar-refractivity contribution in [1.29, 1.82) is 0 Å². The van der Waals surface area contributed by atoms with Gasteiger partial charge in [0.05, 0.1) is 38.6 Å². The first-order chi connectivity index (χ1) is 23.6. The minimum absolute atomic E-state index is 0.0773. The van der Waals surface area contributed by atoms with Gasteiger partial charge in [0.25, 0.3) is 10.1 Å². The van der Waals surface area contributed by atoms with Crippen LogP contribution in [0, 0.1) is 11.8 Å². The van der Waals surface area contributed by atoms with Gasteiger partial charge in [0.2, 0.25) is 0 Å². The molecule has 2 amide bonds. The Hall–Kier alpha value is -1.99. The number of hydrogen-bond acceptors (Lipinski definition) is 8. The molecule has 10 nitrogen and oxygen atoms in total. The van der Waals surface area contributed by atoms with Gasteiger partial charge < -0.3 is 24.0 Å². The van der Waals surface area contributed by atoms with E-state index in [4.69, 9.17) is 64.8 Å². The number of likely N-dealkylation sites (tertiary alicyclic amines) is 2. The lowest BCUT2D eigenvalue weighted by molar-refractivity contribution is -0.0863. The predicted octanol–water partition coefficient (Wildman–Crippen LogP) is 9.74. The monoisotopic (exact) mass is 808 g/mol. The summed E-state index contributed by atoms with van der Waals surface area (Å²) in [6.45, 7) is 12.9. The molecule has 2 saturated heterocycles. The topological polar surface area (TPSA) is 112 Å². The SMILES string of the molecule is CC(C)(C)OC(=O)N1CC(C(OC2CCCC2)c2ccc(Cl)c(Cl)c2)C1.CC(C)(C)OC(=O)N1CC(C(OS(C)(=O)=O)c2ccc(Cl)c(Cl)c2)C1. The molecule has 0 spiro atoms. The lowest BCUT2D eigenvalue weighted by Gasteiger charge is -2.44. The number of amides is 2. The Labute approximate surface area is 322 Å². The molecule has 3 aliphatic rings. The number of carbonyl (C=O) groups excluding carboxylic acids is 2. The maximum Gasteiger partial charge on any atom is 0.410 e. The van der Waals surface area contributed by atoms with Crippen LogP contribution in [0.3, 0.4) is 0 Å². The summed E-state index contributed by atoms with van der Waals surface area (Å²) in [5.74, 6) is 0.0415. The second kappa shape index (κ2) is 17.0. The maximum absolute atomic E-state index is 12.2. The van der Waals surface area contributed by atoms with Crippen molar-refractivity contribution >= 4 is 68.7 Å². The van der Waals surface area contributed by atoms with Crippen molar-refractivity contribution in [1.82, 2.24) is 9.80 Å². The Kier molecular flexibility index (Phi) is 13.9. The molecule has 0 radical (unpaired) electrons. The van der Waals surface area contributed by atoms with E-state index >= 15 is 0 Å². The average molecular weight is 811 g/mol. The number of rotatable bonds is 8. The zero-order valence-electron chi connectivity index (χ0n) is 30.1. The van der Waals surface area contributed by atoms with Crippen LogP contribution in [-0.2, 0) is 28.5 Å². The Morgan fingerprint density at radius 2 is 1.08 bits per heavy atom. The van der Waals surface area contributed by atoms with E-state index in [0.29, 0.717) is 51.8 Å². The Bertz CT molecular complexity index is 1650. The molecular weight excluding hydrogens is 762 g/mol. The van der Waals surface area contributed by atoms with Crippen LogP contribution in [0.5, 0.6) is 0 Å². The van der Waals surface area contributed by atoms with Crippen molar-refractivity contribution in [3.63, 3.8) is 0 Å². The standard InChI is InChI=1S/C20H27Cl2NO3.C16H21Cl2NO5S/c1-20(2,3)26-19(24)23-11-14(12-23)18(25-15-6-4-5-7-15)13-8-9-16(21)17(22)10-13;1-16(2,3)23-15(20)19-8-11(9-19)14(24-25(4,21)22)10-5-6-12(17)13(18)7-10/h8-10,14-15,18H,4-7,11-12H2,1-3H3;5-7,11,14H,8-9H2,1-4H3. The number of carbonyl (C=O) groups is 2. The van der Waals surface area contributed by atoms with Crippen molar-refractivity contribution < 1.29 is 36.4 Å². The van der Waals surface area contributed by atoms with Gasteiger partial charge >= 0.3 is 12.2 Å². The van der Waals surface area contributed by atoms with Crippen LogP contribution in [-0.4, -0.2) is 80.1 Å². The number of benzene rings is 2. The normalized spacial score (nSPS) is 18.6. The lowest BCUT2D eigenvalue weighted by Crippen LogP contribution is -2.54. The van der Waals surface area contributed by atoms with Gasteiger partial charge in [0.15, 0.2) is 0 Å². The van der Waals surface area contributed by atoms with Gasteiger partial charge in [-0.1, -0.05) is 71.4 Å². The van der Waals surface area contributed by atoms with Gasteiger partial charge in [0, 0.05) is 38.0 Å². The Balaban J connectivity index is 0.000000229. The highest BCUT2D eigenvalue weighted by molar-refractivity contribution is 7.86. The third kappa shape index (κ3) is 12.5. The van der Waals surface area contributed by atoms with Gasteiger partial charge in [-0.25, -0.2) is 9.59 Å². The Morgan fingerprint density at radius 1 is 0.686 bits per heavy atom. The molecule has 0 aromatic heterocycles. The van der Waals surface area contributed by atoms with Crippen LogP contribution in [0.15, 0.2) is 36.4 Å². The summed E-state index contributed by atoms with van der Waals surface area (Å²) in [7, 11) is -3.69. The van der Waals surface area contributed by atoms with E-state index < -0.39 is 33.5 Å². The minimum atomic E-state index is -3.69. The van der Waals surface area contributed by atoms with E-state index in [1.54, 1.807) is 43.9 Å². The van der Waals surface area contributed by atoms with E-state index in [0.717, 1.165) is 24.7 Å². The molecule has 2 unspecified atom stereocenters. The molecule has 1 saturated carbocycles. The van der Waals surface area contributed by atoms with Crippen molar-refractivity contribution in [2.45, 2.75) is 96.7 Å². The molecule has 0 N–H and O–H groups in total. The summed E-state index contributed by atoms with van der Waals surface area (Å²) < 4.78 is 45.7. The number of ether oxygens (including phenoxy) is 3. The molecule has 2 aromatic carbocycles.